The van der Waals surface area contributed by atoms with E-state index in [1.165, 1.54) is 19.4 Å². The lowest BCUT2D eigenvalue weighted by Gasteiger charge is -2.03. The molecule has 3 aromatic carbocycles. The van der Waals surface area contributed by atoms with Crippen LogP contribution in [0.25, 0.3) is 16.9 Å². The normalized spacial score (nSPS) is 10.9. The number of carbonyl (C=O) groups is 1. The number of aromatic nitrogens is 2. The van der Waals surface area contributed by atoms with E-state index in [0.29, 0.717) is 22.6 Å². The molecule has 0 saturated carbocycles. The second kappa shape index (κ2) is 8.96. The van der Waals surface area contributed by atoms with Crippen LogP contribution in [-0.4, -0.2) is 34.1 Å². The largest absolute Gasteiger partial charge is 0.504 e. The molecule has 0 fully saturated rings. The van der Waals surface area contributed by atoms with E-state index in [1.54, 1.807) is 23.0 Å². The Labute approximate surface area is 179 Å². The highest BCUT2D eigenvalue weighted by Gasteiger charge is 2.18. The lowest BCUT2D eigenvalue weighted by atomic mass is 10.1. The molecule has 2 N–H and O–H groups in total. The topological polar surface area (TPSA) is 88.7 Å². The minimum Gasteiger partial charge on any atom is -0.504 e. The van der Waals surface area contributed by atoms with Gasteiger partial charge in [0.2, 0.25) is 0 Å². The van der Waals surface area contributed by atoms with E-state index in [2.05, 4.69) is 15.6 Å². The molecular weight excluding hydrogens is 392 g/mol. The molecular formula is C24H20N4O3. The van der Waals surface area contributed by atoms with Crippen LogP contribution in [0.15, 0.2) is 90.2 Å². The third-order valence-corrected chi connectivity index (χ3v) is 4.61. The SMILES string of the molecule is COc1ccc(C=NNC(=O)c2cn(-c3ccccc3)nc2-c2ccccc2)cc1O. The molecule has 0 saturated heterocycles. The van der Waals surface area contributed by atoms with E-state index >= 15 is 0 Å². The van der Waals surface area contributed by atoms with Gasteiger partial charge in [-0.05, 0) is 35.9 Å². The second-order valence-corrected chi connectivity index (χ2v) is 6.67. The van der Waals surface area contributed by atoms with Crippen molar-refractivity contribution < 1.29 is 14.6 Å². The molecule has 0 radical (unpaired) electrons. The van der Waals surface area contributed by atoms with Crippen molar-refractivity contribution in [3.63, 3.8) is 0 Å². The van der Waals surface area contributed by atoms with Crippen molar-refractivity contribution in [3.05, 3.63) is 96.2 Å². The lowest BCUT2D eigenvalue weighted by molar-refractivity contribution is 0.0955. The molecule has 0 atom stereocenters. The van der Waals surface area contributed by atoms with Gasteiger partial charge < -0.3 is 9.84 Å². The monoisotopic (exact) mass is 412 g/mol. The van der Waals surface area contributed by atoms with Gasteiger partial charge in [-0.3, -0.25) is 4.79 Å². The van der Waals surface area contributed by atoms with Crippen molar-refractivity contribution in [3.8, 4) is 28.4 Å². The van der Waals surface area contributed by atoms with E-state index in [-0.39, 0.29) is 5.75 Å². The number of carbonyl (C=O) groups excluding carboxylic acids is 1. The number of hydrogen-bond donors (Lipinski definition) is 2. The predicted octanol–water partition coefficient (Wildman–Crippen LogP) is 4.02. The Kier molecular flexibility index (Phi) is 5.75. The Balaban J connectivity index is 1.61. The number of amides is 1. The van der Waals surface area contributed by atoms with Crippen molar-refractivity contribution in [2.45, 2.75) is 0 Å². The number of aromatic hydroxyl groups is 1. The Morgan fingerprint density at radius 1 is 1.06 bits per heavy atom. The number of hydrogen-bond acceptors (Lipinski definition) is 5. The maximum atomic E-state index is 12.9. The lowest BCUT2D eigenvalue weighted by Crippen LogP contribution is -2.17. The zero-order valence-corrected chi connectivity index (χ0v) is 16.8. The van der Waals surface area contributed by atoms with Crippen LogP contribution in [0.3, 0.4) is 0 Å². The number of ether oxygens (including phenoxy) is 1. The van der Waals surface area contributed by atoms with E-state index in [4.69, 9.17) is 4.74 Å². The fraction of sp³-hybridized carbons (Fsp3) is 0.0417. The van der Waals surface area contributed by atoms with Crippen LogP contribution in [0.5, 0.6) is 11.5 Å². The number of benzene rings is 3. The molecule has 4 rings (SSSR count). The number of methoxy groups -OCH3 is 1. The molecule has 154 valence electrons. The van der Waals surface area contributed by atoms with Gasteiger partial charge in [0.1, 0.15) is 5.69 Å². The average Bonchev–Trinajstić information content (AvgIpc) is 3.26. The average molecular weight is 412 g/mol. The fourth-order valence-electron chi connectivity index (χ4n) is 3.08. The number of phenolic OH excluding ortho intramolecular Hbond substituents is 1. The van der Waals surface area contributed by atoms with Crippen LogP contribution in [0.1, 0.15) is 15.9 Å². The number of hydrazone groups is 1. The van der Waals surface area contributed by atoms with Crippen LogP contribution < -0.4 is 10.2 Å². The summed E-state index contributed by atoms with van der Waals surface area (Å²) in [6.45, 7) is 0. The van der Waals surface area contributed by atoms with Crippen LogP contribution in [0.4, 0.5) is 0 Å². The number of nitrogens with one attached hydrogen (secondary N) is 1. The van der Waals surface area contributed by atoms with Crippen molar-refractivity contribution >= 4 is 12.1 Å². The van der Waals surface area contributed by atoms with Gasteiger partial charge in [-0.25, -0.2) is 10.1 Å². The van der Waals surface area contributed by atoms with Gasteiger partial charge >= 0.3 is 0 Å². The van der Waals surface area contributed by atoms with Gasteiger partial charge in [-0.2, -0.15) is 10.2 Å². The summed E-state index contributed by atoms with van der Waals surface area (Å²) >= 11 is 0. The van der Waals surface area contributed by atoms with E-state index in [9.17, 15) is 9.90 Å². The number of nitrogens with zero attached hydrogens (tertiary/aromatic N) is 3. The molecule has 1 heterocycles. The van der Waals surface area contributed by atoms with E-state index in [0.717, 1.165) is 11.3 Å². The maximum Gasteiger partial charge on any atom is 0.275 e. The van der Waals surface area contributed by atoms with E-state index < -0.39 is 5.91 Å². The maximum absolute atomic E-state index is 12.9. The Bertz CT molecular complexity index is 1220. The van der Waals surface area contributed by atoms with Crippen molar-refractivity contribution in [1.82, 2.24) is 15.2 Å². The van der Waals surface area contributed by atoms with Crippen LogP contribution in [-0.2, 0) is 0 Å². The van der Waals surface area contributed by atoms with Crippen LogP contribution in [0, 0.1) is 0 Å². The summed E-state index contributed by atoms with van der Waals surface area (Å²) in [6, 6.07) is 23.9. The summed E-state index contributed by atoms with van der Waals surface area (Å²) in [5.74, 6) is -0.0367. The summed E-state index contributed by atoms with van der Waals surface area (Å²) < 4.78 is 6.69. The third kappa shape index (κ3) is 4.45. The molecule has 0 bridgehead atoms. The molecule has 1 aromatic heterocycles. The molecule has 1 amide bonds. The number of para-hydroxylation sites is 1. The quantitative estimate of drug-likeness (QED) is 0.370. The molecule has 4 aromatic rings. The highest BCUT2D eigenvalue weighted by Crippen LogP contribution is 2.26. The summed E-state index contributed by atoms with van der Waals surface area (Å²) in [4.78, 5) is 12.9. The van der Waals surface area contributed by atoms with Gasteiger partial charge in [0, 0.05) is 11.8 Å². The Morgan fingerprint density at radius 3 is 2.45 bits per heavy atom. The van der Waals surface area contributed by atoms with Gasteiger partial charge in [-0.1, -0.05) is 48.5 Å². The summed E-state index contributed by atoms with van der Waals surface area (Å²) in [7, 11) is 1.48. The molecule has 0 unspecified atom stereocenters. The zero-order valence-electron chi connectivity index (χ0n) is 16.8. The fourth-order valence-corrected chi connectivity index (χ4v) is 3.08. The highest BCUT2D eigenvalue weighted by atomic mass is 16.5. The van der Waals surface area contributed by atoms with Crippen LogP contribution in [0.2, 0.25) is 0 Å². The molecule has 31 heavy (non-hydrogen) atoms. The molecule has 0 aliphatic rings. The standard InChI is InChI=1S/C24H20N4O3/c1-31-22-13-12-17(14-21(22)29)15-25-26-24(30)20-16-28(19-10-6-3-7-11-19)27-23(20)18-8-4-2-5-9-18/h2-16,29H,1H3,(H,26,30). The number of rotatable bonds is 6. The third-order valence-electron chi connectivity index (χ3n) is 4.61. The van der Waals surface area contributed by atoms with Gasteiger partial charge in [0.15, 0.2) is 11.5 Å². The van der Waals surface area contributed by atoms with Gasteiger partial charge in [-0.15, -0.1) is 0 Å². The smallest absolute Gasteiger partial charge is 0.275 e. The summed E-state index contributed by atoms with van der Waals surface area (Å²) in [6.07, 6.45) is 3.13. The minimum atomic E-state index is -0.394. The first-order valence-corrected chi connectivity index (χ1v) is 9.56. The first-order chi connectivity index (χ1) is 15.2. The molecule has 7 nitrogen and oxygen atoms in total. The Morgan fingerprint density at radius 2 is 1.77 bits per heavy atom. The van der Waals surface area contributed by atoms with Gasteiger partial charge in [0.05, 0.1) is 24.6 Å². The Hall–Kier alpha value is -4.39. The minimum absolute atomic E-state index is 0.00622. The second-order valence-electron chi connectivity index (χ2n) is 6.67. The highest BCUT2D eigenvalue weighted by molar-refractivity contribution is 6.00. The molecule has 7 heteroatoms. The van der Waals surface area contributed by atoms with Crippen molar-refractivity contribution in [2.24, 2.45) is 5.10 Å². The summed E-state index contributed by atoms with van der Waals surface area (Å²) in [5.41, 5.74) is 5.76. The zero-order chi connectivity index (χ0) is 21.6. The van der Waals surface area contributed by atoms with Crippen molar-refractivity contribution in [2.75, 3.05) is 7.11 Å². The van der Waals surface area contributed by atoms with Crippen molar-refractivity contribution in [1.29, 1.82) is 0 Å². The summed E-state index contributed by atoms with van der Waals surface area (Å²) in [5, 5.41) is 18.5. The van der Waals surface area contributed by atoms with Gasteiger partial charge in [0.25, 0.3) is 5.91 Å². The molecule has 0 spiro atoms. The van der Waals surface area contributed by atoms with Crippen LogP contribution >= 0.6 is 0 Å². The first-order valence-electron chi connectivity index (χ1n) is 9.56. The molecule has 0 aliphatic heterocycles. The van der Waals surface area contributed by atoms with E-state index in [1.807, 2.05) is 60.7 Å². The first kappa shape index (κ1) is 19.9. The predicted molar refractivity (Wildman–Crippen MR) is 119 cm³/mol. The number of phenols is 1. The molecule has 0 aliphatic carbocycles.